The summed E-state index contributed by atoms with van der Waals surface area (Å²) in [6.07, 6.45) is 1.51. The molecule has 0 aromatic rings. The molecular weight excluding hydrogens is 238 g/mol. The first kappa shape index (κ1) is 12.7. The van der Waals surface area contributed by atoms with E-state index in [1.165, 1.54) is 0 Å². The molecule has 1 heterocycles. The number of nitrogens with zero attached hydrogens (tertiary/aromatic N) is 1. The highest BCUT2D eigenvalue weighted by atomic mass is 32.2. The van der Waals surface area contributed by atoms with E-state index in [0.717, 1.165) is 25.3 Å². The number of carbonyl (C=O) groups is 2. The molecule has 0 spiro atoms. The van der Waals surface area contributed by atoms with Crippen LogP contribution in [-0.2, 0) is 9.59 Å². The van der Waals surface area contributed by atoms with E-state index in [9.17, 15) is 9.59 Å². The number of carboxylic acids is 1. The van der Waals surface area contributed by atoms with Gasteiger partial charge in [0.05, 0.1) is 11.8 Å². The Hall–Kier alpha value is -0.710. The van der Waals surface area contributed by atoms with E-state index in [4.69, 9.17) is 5.11 Å². The van der Waals surface area contributed by atoms with Crippen LogP contribution in [0.1, 0.15) is 26.7 Å². The average molecular weight is 257 g/mol. The third-order valence-corrected chi connectivity index (χ3v) is 4.95. The number of rotatable bonds is 2. The molecule has 0 aromatic heterocycles. The highest BCUT2D eigenvalue weighted by Crippen LogP contribution is 2.41. The van der Waals surface area contributed by atoms with Crippen molar-refractivity contribution in [2.75, 3.05) is 18.8 Å². The van der Waals surface area contributed by atoms with Crippen LogP contribution in [0.3, 0.4) is 0 Å². The Morgan fingerprint density at radius 2 is 2.00 bits per heavy atom. The SMILES string of the molecule is CC1(C)CCN(C(=O)[C@@H]2C[C@@H]2C(=O)O)CCS1. The van der Waals surface area contributed by atoms with Crippen molar-refractivity contribution in [3.8, 4) is 0 Å². The van der Waals surface area contributed by atoms with Crippen molar-refractivity contribution in [1.82, 2.24) is 4.90 Å². The molecule has 2 fully saturated rings. The van der Waals surface area contributed by atoms with E-state index in [1.807, 2.05) is 16.7 Å². The van der Waals surface area contributed by atoms with Gasteiger partial charge in [-0.15, -0.1) is 0 Å². The number of amides is 1. The van der Waals surface area contributed by atoms with E-state index in [2.05, 4.69) is 13.8 Å². The van der Waals surface area contributed by atoms with Gasteiger partial charge in [-0.1, -0.05) is 13.8 Å². The molecule has 2 aliphatic rings. The van der Waals surface area contributed by atoms with Gasteiger partial charge < -0.3 is 10.0 Å². The smallest absolute Gasteiger partial charge is 0.307 e. The second-order valence-corrected chi connectivity index (χ2v) is 7.27. The maximum Gasteiger partial charge on any atom is 0.307 e. The Morgan fingerprint density at radius 1 is 1.29 bits per heavy atom. The Kier molecular flexibility index (Phi) is 3.39. The zero-order chi connectivity index (χ0) is 12.6. The molecule has 1 amide bonds. The van der Waals surface area contributed by atoms with Gasteiger partial charge in [0.2, 0.25) is 5.91 Å². The molecule has 1 aliphatic carbocycles. The Balaban J connectivity index is 1.91. The summed E-state index contributed by atoms with van der Waals surface area (Å²) < 4.78 is 0.227. The van der Waals surface area contributed by atoms with Gasteiger partial charge in [0.15, 0.2) is 0 Å². The second kappa shape index (κ2) is 4.52. The number of hydrogen-bond acceptors (Lipinski definition) is 3. The summed E-state index contributed by atoms with van der Waals surface area (Å²) in [6, 6.07) is 0. The van der Waals surface area contributed by atoms with Crippen LogP contribution in [0.2, 0.25) is 0 Å². The maximum absolute atomic E-state index is 12.1. The first-order valence-electron chi connectivity index (χ1n) is 6.06. The first-order chi connectivity index (χ1) is 7.91. The normalized spacial score (nSPS) is 31.8. The van der Waals surface area contributed by atoms with E-state index in [1.54, 1.807) is 0 Å². The summed E-state index contributed by atoms with van der Waals surface area (Å²) in [7, 11) is 0. The number of carboxylic acid groups (broad SMARTS) is 1. The molecule has 96 valence electrons. The first-order valence-corrected chi connectivity index (χ1v) is 7.05. The van der Waals surface area contributed by atoms with Crippen LogP contribution in [0.4, 0.5) is 0 Å². The molecule has 2 rings (SSSR count). The summed E-state index contributed by atoms with van der Waals surface area (Å²) in [5.74, 6) is -0.503. The molecule has 0 bridgehead atoms. The fourth-order valence-electron chi connectivity index (χ4n) is 2.22. The lowest BCUT2D eigenvalue weighted by Crippen LogP contribution is -2.35. The molecule has 17 heavy (non-hydrogen) atoms. The van der Waals surface area contributed by atoms with Crippen LogP contribution in [-0.4, -0.2) is 45.5 Å². The van der Waals surface area contributed by atoms with Gasteiger partial charge in [-0.3, -0.25) is 9.59 Å². The minimum absolute atomic E-state index is 0.0516. The zero-order valence-corrected chi connectivity index (χ0v) is 11.1. The van der Waals surface area contributed by atoms with Gasteiger partial charge in [-0.25, -0.2) is 0 Å². The third kappa shape index (κ3) is 2.94. The molecule has 4 nitrogen and oxygen atoms in total. The van der Waals surface area contributed by atoms with Crippen LogP contribution in [0.25, 0.3) is 0 Å². The number of hydrogen-bond donors (Lipinski definition) is 1. The van der Waals surface area contributed by atoms with Crippen LogP contribution >= 0.6 is 11.8 Å². The van der Waals surface area contributed by atoms with Crippen LogP contribution < -0.4 is 0 Å². The monoisotopic (exact) mass is 257 g/mol. The van der Waals surface area contributed by atoms with Crippen molar-refractivity contribution in [3.63, 3.8) is 0 Å². The van der Waals surface area contributed by atoms with Crippen molar-refractivity contribution in [3.05, 3.63) is 0 Å². The molecule has 1 saturated heterocycles. The molecule has 1 saturated carbocycles. The van der Waals surface area contributed by atoms with Gasteiger partial charge in [0, 0.05) is 23.6 Å². The molecule has 0 unspecified atom stereocenters. The number of thioether (sulfide) groups is 1. The molecule has 2 atom stereocenters. The Bertz CT molecular complexity index is 343. The standard InChI is InChI=1S/C12H19NO3S/c1-12(2)3-4-13(5-6-17-12)10(14)8-7-9(8)11(15)16/h8-9H,3-7H2,1-2H3,(H,15,16)/t8-,9+/m1/s1. The lowest BCUT2D eigenvalue weighted by atomic mass is 10.1. The molecule has 1 aliphatic heterocycles. The van der Waals surface area contributed by atoms with Crippen molar-refractivity contribution >= 4 is 23.6 Å². The Morgan fingerprint density at radius 3 is 2.59 bits per heavy atom. The molecular formula is C12H19NO3S. The highest BCUT2D eigenvalue weighted by Gasteiger charge is 2.49. The van der Waals surface area contributed by atoms with Gasteiger partial charge >= 0.3 is 5.97 Å². The van der Waals surface area contributed by atoms with Crippen molar-refractivity contribution in [2.24, 2.45) is 11.8 Å². The maximum atomic E-state index is 12.1. The summed E-state index contributed by atoms with van der Waals surface area (Å²) >= 11 is 1.89. The lowest BCUT2D eigenvalue weighted by molar-refractivity contribution is -0.141. The quantitative estimate of drug-likeness (QED) is 0.813. The fraction of sp³-hybridized carbons (Fsp3) is 0.833. The van der Waals surface area contributed by atoms with E-state index >= 15 is 0 Å². The van der Waals surface area contributed by atoms with Crippen molar-refractivity contribution in [1.29, 1.82) is 0 Å². The fourth-order valence-corrected chi connectivity index (χ4v) is 3.32. The Labute approximate surface area is 106 Å². The van der Waals surface area contributed by atoms with E-state index < -0.39 is 11.9 Å². The van der Waals surface area contributed by atoms with Crippen LogP contribution in [0.15, 0.2) is 0 Å². The lowest BCUT2D eigenvalue weighted by Gasteiger charge is -2.22. The molecule has 1 N–H and O–H groups in total. The zero-order valence-electron chi connectivity index (χ0n) is 10.3. The van der Waals surface area contributed by atoms with Crippen LogP contribution in [0.5, 0.6) is 0 Å². The molecule has 5 heteroatoms. The largest absolute Gasteiger partial charge is 0.481 e. The van der Waals surface area contributed by atoms with Crippen LogP contribution in [0, 0.1) is 11.8 Å². The molecule has 0 aromatic carbocycles. The minimum Gasteiger partial charge on any atom is -0.481 e. The van der Waals surface area contributed by atoms with Crippen molar-refractivity contribution < 1.29 is 14.7 Å². The van der Waals surface area contributed by atoms with Gasteiger partial charge in [0.25, 0.3) is 0 Å². The van der Waals surface area contributed by atoms with Gasteiger partial charge in [0.1, 0.15) is 0 Å². The minimum atomic E-state index is -0.826. The second-order valence-electron chi connectivity index (χ2n) is 5.47. The van der Waals surface area contributed by atoms with Gasteiger partial charge in [-0.05, 0) is 12.8 Å². The topological polar surface area (TPSA) is 57.6 Å². The van der Waals surface area contributed by atoms with Crippen molar-refractivity contribution in [2.45, 2.75) is 31.4 Å². The van der Waals surface area contributed by atoms with E-state index in [0.29, 0.717) is 6.42 Å². The summed E-state index contributed by atoms with van der Waals surface area (Å²) in [5, 5.41) is 8.83. The number of aliphatic carboxylic acids is 1. The molecule has 0 radical (unpaired) electrons. The summed E-state index contributed by atoms with van der Waals surface area (Å²) in [6.45, 7) is 5.92. The summed E-state index contributed by atoms with van der Waals surface area (Å²) in [4.78, 5) is 24.7. The highest BCUT2D eigenvalue weighted by molar-refractivity contribution is 8.00. The number of carbonyl (C=O) groups excluding carboxylic acids is 1. The average Bonchev–Trinajstić information content (AvgIpc) is 3.00. The van der Waals surface area contributed by atoms with Gasteiger partial charge in [-0.2, -0.15) is 11.8 Å². The predicted molar refractivity (Wildman–Crippen MR) is 67.0 cm³/mol. The summed E-state index contributed by atoms with van der Waals surface area (Å²) in [5.41, 5.74) is 0. The van der Waals surface area contributed by atoms with E-state index in [-0.39, 0.29) is 16.6 Å². The third-order valence-electron chi connectivity index (χ3n) is 3.57. The predicted octanol–water partition coefficient (Wildman–Crippen LogP) is 1.45.